The Morgan fingerprint density at radius 1 is 1.20 bits per heavy atom. The van der Waals surface area contributed by atoms with Crippen molar-refractivity contribution in [2.24, 2.45) is 0 Å². The van der Waals surface area contributed by atoms with E-state index in [9.17, 15) is 13.6 Å². The maximum atomic E-state index is 13.0. The molecule has 2 aromatic heterocycles. The number of anilines is 1. The molecule has 1 aromatic carbocycles. The monoisotopic (exact) mass is 277 g/mol. The van der Waals surface area contributed by atoms with Gasteiger partial charge >= 0.3 is 5.69 Å². The highest BCUT2D eigenvalue weighted by Crippen LogP contribution is 2.10. The summed E-state index contributed by atoms with van der Waals surface area (Å²) in [6.07, 6.45) is 0. The first-order chi connectivity index (χ1) is 9.63. The Labute approximate surface area is 111 Å². The number of H-pyrrole nitrogens is 1. The van der Waals surface area contributed by atoms with Crippen LogP contribution < -0.4 is 11.0 Å². The summed E-state index contributed by atoms with van der Waals surface area (Å²) < 4.78 is 26.9. The van der Waals surface area contributed by atoms with Crippen molar-refractivity contribution in [1.82, 2.24) is 19.8 Å². The quantitative estimate of drug-likeness (QED) is 0.757. The van der Waals surface area contributed by atoms with Gasteiger partial charge in [0, 0.05) is 6.54 Å². The smallest absolute Gasteiger partial charge is 0.364 e. The van der Waals surface area contributed by atoms with Crippen LogP contribution >= 0.6 is 0 Å². The SMILES string of the molecule is O=c1[nH]nc2ccc(NCc3ccc(F)c(F)c3)nn12. The summed E-state index contributed by atoms with van der Waals surface area (Å²) in [5.41, 5.74) is 0.509. The van der Waals surface area contributed by atoms with E-state index in [4.69, 9.17) is 0 Å². The molecule has 6 nitrogen and oxygen atoms in total. The molecule has 0 aliphatic rings. The predicted octanol–water partition coefficient (Wildman–Crippen LogP) is 1.31. The van der Waals surface area contributed by atoms with Crippen molar-refractivity contribution >= 4 is 11.5 Å². The lowest BCUT2D eigenvalue weighted by Gasteiger charge is -2.05. The molecule has 0 saturated carbocycles. The van der Waals surface area contributed by atoms with E-state index in [1.807, 2.05) is 0 Å². The Hall–Kier alpha value is -2.77. The molecule has 0 atom stereocenters. The van der Waals surface area contributed by atoms with E-state index in [-0.39, 0.29) is 6.54 Å². The summed E-state index contributed by atoms with van der Waals surface area (Å²) >= 11 is 0. The average Bonchev–Trinajstić information content (AvgIpc) is 2.81. The van der Waals surface area contributed by atoms with Gasteiger partial charge < -0.3 is 5.32 Å². The van der Waals surface area contributed by atoms with E-state index in [0.717, 1.165) is 16.6 Å². The highest BCUT2D eigenvalue weighted by molar-refractivity contribution is 5.43. The van der Waals surface area contributed by atoms with Gasteiger partial charge in [-0.3, -0.25) is 0 Å². The Kier molecular flexibility index (Phi) is 2.90. The number of aromatic amines is 1. The number of hydrogen-bond donors (Lipinski definition) is 2. The summed E-state index contributed by atoms with van der Waals surface area (Å²) in [7, 11) is 0. The lowest BCUT2D eigenvalue weighted by molar-refractivity contribution is 0.507. The fraction of sp³-hybridized carbons (Fsp3) is 0.0833. The van der Waals surface area contributed by atoms with E-state index in [2.05, 4.69) is 20.6 Å². The molecule has 0 spiro atoms. The highest BCUT2D eigenvalue weighted by Gasteiger charge is 2.04. The van der Waals surface area contributed by atoms with Crippen LogP contribution in [-0.4, -0.2) is 19.8 Å². The minimum atomic E-state index is -0.904. The molecule has 0 aliphatic heterocycles. The van der Waals surface area contributed by atoms with Gasteiger partial charge in [-0.05, 0) is 29.8 Å². The molecule has 2 N–H and O–H groups in total. The van der Waals surface area contributed by atoms with Crippen LogP contribution in [0.25, 0.3) is 5.65 Å². The van der Waals surface area contributed by atoms with Crippen molar-refractivity contribution in [3.63, 3.8) is 0 Å². The molecule has 0 radical (unpaired) electrons. The van der Waals surface area contributed by atoms with Crippen LogP contribution in [0, 0.1) is 11.6 Å². The number of hydrogen-bond acceptors (Lipinski definition) is 4. The number of benzene rings is 1. The normalized spacial score (nSPS) is 10.9. The Bertz CT molecular complexity index is 826. The van der Waals surface area contributed by atoms with Crippen molar-refractivity contribution in [1.29, 1.82) is 0 Å². The second kappa shape index (κ2) is 4.72. The third-order valence-corrected chi connectivity index (χ3v) is 2.73. The van der Waals surface area contributed by atoms with Crippen molar-refractivity contribution in [2.75, 3.05) is 5.32 Å². The van der Waals surface area contributed by atoms with Gasteiger partial charge in [-0.15, -0.1) is 5.10 Å². The van der Waals surface area contributed by atoms with Gasteiger partial charge in [-0.1, -0.05) is 6.07 Å². The lowest BCUT2D eigenvalue weighted by Crippen LogP contribution is -2.14. The van der Waals surface area contributed by atoms with E-state index in [1.54, 1.807) is 12.1 Å². The van der Waals surface area contributed by atoms with Crippen LogP contribution in [0.4, 0.5) is 14.6 Å². The first kappa shape index (κ1) is 12.3. The first-order valence-corrected chi connectivity index (χ1v) is 5.76. The van der Waals surface area contributed by atoms with Crippen LogP contribution in [-0.2, 0) is 6.54 Å². The van der Waals surface area contributed by atoms with Crippen molar-refractivity contribution < 1.29 is 8.78 Å². The molecule has 2 heterocycles. The highest BCUT2D eigenvalue weighted by atomic mass is 19.2. The molecule has 8 heteroatoms. The van der Waals surface area contributed by atoms with E-state index in [0.29, 0.717) is 17.0 Å². The number of fused-ring (bicyclic) bond motifs is 1. The topological polar surface area (TPSA) is 75.1 Å². The molecule has 20 heavy (non-hydrogen) atoms. The maximum Gasteiger partial charge on any atom is 0.364 e. The van der Waals surface area contributed by atoms with Crippen molar-refractivity contribution in [3.05, 3.63) is 58.0 Å². The third kappa shape index (κ3) is 2.22. The van der Waals surface area contributed by atoms with Gasteiger partial charge in [0.05, 0.1) is 0 Å². The standard InChI is InChI=1S/C12H9F2N5O/c13-8-2-1-7(5-9(8)14)6-15-10-3-4-11-16-17-12(20)19(11)18-10/h1-5H,6H2,(H,15,18)(H,17,20). The molecular formula is C12H9F2N5O. The number of nitrogens with zero attached hydrogens (tertiary/aromatic N) is 3. The van der Waals surface area contributed by atoms with Crippen LogP contribution in [0.3, 0.4) is 0 Å². The number of aromatic nitrogens is 4. The molecule has 3 rings (SSSR count). The van der Waals surface area contributed by atoms with E-state index >= 15 is 0 Å². The first-order valence-electron chi connectivity index (χ1n) is 5.76. The Balaban J connectivity index is 1.80. The van der Waals surface area contributed by atoms with Crippen LogP contribution in [0.1, 0.15) is 5.56 Å². The average molecular weight is 277 g/mol. The fourth-order valence-electron chi connectivity index (χ4n) is 1.74. The molecule has 0 aliphatic carbocycles. The minimum Gasteiger partial charge on any atom is -0.365 e. The third-order valence-electron chi connectivity index (χ3n) is 2.73. The van der Waals surface area contributed by atoms with E-state index < -0.39 is 17.3 Å². The molecule has 3 aromatic rings. The van der Waals surface area contributed by atoms with Gasteiger partial charge in [-0.2, -0.15) is 9.61 Å². The van der Waals surface area contributed by atoms with E-state index in [1.165, 1.54) is 6.07 Å². The van der Waals surface area contributed by atoms with Crippen LogP contribution in [0.2, 0.25) is 0 Å². The largest absolute Gasteiger partial charge is 0.365 e. The zero-order chi connectivity index (χ0) is 14.1. The fourth-order valence-corrected chi connectivity index (χ4v) is 1.74. The Morgan fingerprint density at radius 3 is 2.85 bits per heavy atom. The van der Waals surface area contributed by atoms with Gasteiger partial charge in [-0.25, -0.2) is 18.7 Å². The van der Waals surface area contributed by atoms with Crippen LogP contribution in [0.5, 0.6) is 0 Å². The summed E-state index contributed by atoms with van der Waals surface area (Å²) in [6, 6.07) is 6.87. The van der Waals surface area contributed by atoms with Gasteiger partial charge in [0.1, 0.15) is 5.82 Å². The maximum absolute atomic E-state index is 13.0. The molecule has 0 bridgehead atoms. The predicted molar refractivity (Wildman–Crippen MR) is 67.3 cm³/mol. The number of halogens is 2. The Morgan fingerprint density at radius 2 is 2.05 bits per heavy atom. The van der Waals surface area contributed by atoms with Gasteiger partial charge in [0.25, 0.3) is 0 Å². The minimum absolute atomic E-state index is 0.252. The van der Waals surface area contributed by atoms with Gasteiger partial charge in [0.15, 0.2) is 17.3 Å². The zero-order valence-electron chi connectivity index (χ0n) is 10.1. The summed E-state index contributed by atoms with van der Waals surface area (Å²) in [5.74, 6) is -1.37. The van der Waals surface area contributed by atoms with Crippen molar-refractivity contribution in [2.45, 2.75) is 6.54 Å². The molecule has 0 saturated heterocycles. The van der Waals surface area contributed by atoms with Crippen molar-refractivity contribution in [3.8, 4) is 0 Å². The molecular weight excluding hydrogens is 268 g/mol. The summed E-state index contributed by atoms with van der Waals surface area (Å²) in [6.45, 7) is 0.252. The lowest BCUT2D eigenvalue weighted by atomic mass is 10.2. The molecule has 0 unspecified atom stereocenters. The summed E-state index contributed by atoms with van der Waals surface area (Å²) in [5, 5.41) is 12.9. The van der Waals surface area contributed by atoms with Crippen LogP contribution in [0.15, 0.2) is 35.1 Å². The number of nitrogens with one attached hydrogen (secondary N) is 2. The van der Waals surface area contributed by atoms with Gasteiger partial charge in [0.2, 0.25) is 0 Å². The zero-order valence-corrected chi connectivity index (χ0v) is 10.1. The summed E-state index contributed by atoms with van der Waals surface area (Å²) in [4.78, 5) is 11.4. The molecule has 102 valence electrons. The molecule has 0 fully saturated rings. The second-order valence-corrected chi connectivity index (χ2v) is 4.12. The molecule has 0 amide bonds. The number of rotatable bonds is 3. The second-order valence-electron chi connectivity index (χ2n) is 4.12.